The molecule has 0 unspecified atom stereocenters. The molecule has 0 aliphatic carbocycles. The number of amides is 2. The van der Waals surface area contributed by atoms with Gasteiger partial charge in [0.2, 0.25) is 5.13 Å². The smallest absolute Gasteiger partial charge is 0.407 e. The number of rotatable bonds is 9. The molecule has 3 aromatic rings. The van der Waals surface area contributed by atoms with Crippen LogP contribution in [0.5, 0.6) is 11.5 Å². The maximum Gasteiger partial charge on any atom is 0.407 e. The molecule has 14 heteroatoms. The van der Waals surface area contributed by atoms with Crippen LogP contribution in [0.15, 0.2) is 22.9 Å². The second-order valence-corrected chi connectivity index (χ2v) is 11.1. The highest BCUT2D eigenvalue weighted by molar-refractivity contribution is 9.10. The topological polar surface area (TPSA) is 146 Å². The lowest BCUT2D eigenvalue weighted by Gasteiger charge is -2.28. The van der Waals surface area contributed by atoms with Crippen LogP contribution in [0.2, 0.25) is 0 Å². The summed E-state index contributed by atoms with van der Waals surface area (Å²) in [7, 11) is 3.90. The third kappa shape index (κ3) is 7.19. The number of halogens is 1. The van der Waals surface area contributed by atoms with Gasteiger partial charge in [0.05, 0.1) is 15.7 Å². The van der Waals surface area contributed by atoms with Gasteiger partial charge in [0.25, 0.3) is 5.91 Å². The fourth-order valence-corrected chi connectivity index (χ4v) is 5.10. The number of ether oxygens (including phenoxy) is 1. The molecule has 1 aliphatic rings. The van der Waals surface area contributed by atoms with Crippen LogP contribution in [0, 0.1) is 13.8 Å². The van der Waals surface area contributed by atoms with Crippen LogP contribution in [-0.2, 0) is 0 Å². The molecule has 0 saturated carbocycles. The van der Waals surface area contributed by atoms with Gasteiger partial charge in [-0.3, -0.25) is 9.78 Å². The van der Waals surface area contributed by atoms with Gasteiger partial charge in [-0.2, -0.15) is 4.37 Å². The molecule has 2 amide bonds. The summed E-state index contributed by atoms with van der Waals surface area (Å²) in [6.07, 6.45) is 3.68. The number of aromatic nitrogens is 4. The van der Waals surface area contributed by atoms with Crippen molar-refractivity contribution in [3.8, 4) is 11.5 Å². The van der Waals surface area contributed by atoms with E-state index >= 15 is 0 Å². The number of likely N-dealkylation sites (tertiary alicyclic amines) is 1. The van der Waals surface area contributed by atoms with Gasteiger partial charge in [0, 0.05) is 67.7 Å². The molecular formula is C25H31BrN8O4S. The highest BCUT2D eigenvalue weighted by Crippen LogP contribution is 2.36. The minimum absolute atomic E-state index is 0.120. The number of pyridine rings is 2. The Kier molecular flexibility index (Phi) is 9.30. The van der Waals surface area contributed by atoms with Crippen molar-refractivity contribution in [2.75, 3.05) is 45.6 Å². The Bertz CT molecular complexity index is 1340. The summed E-state index contributed by atoms with van der Waals surface area (Å²) < 4.78 is 11.4. The second-order valence-electron chi connectivity index (χ2n) is 9.50. The van der Waals surface area contributed by atoms with E-state index in [1.54, 1.807) is 18.5 Å². The first-order valence-corrected chi connectivity index (χ1v) is 14.0. The average Bonchev–Trinajstić information content (AvgIpc) is 3.36. The summed E-state index contributed by atoms with van der Waals surface area (Å²) >= 11 is 4.72. The van der Waals surface area contributed by atoms with E-state index in [0.29, 0.717) is 82.0 Å². The first kappa shape index (κ1) is 28.6. The molecule has 208 valence electrons. The van der Waals surface area contributed by atoms with E-state index in [-0.39, 0.29) is 11.8 Å². The number of hydrogen-bond donors (Lipinski definition) is 3. The summed E-state index contributed by atoms with van der Waals surface area (Å²) in [6.45, 7) is 5.87. The normalized spacial score (nSPS) is 13.9. The van der Waals surface area contributed by atoms with E-state index in [1.165, 1.54) is 16.4 Å². The lowest BCUT2D eigenvalue weighted by molar-refractivity contribution is 0.0949. The number of carbonyl (C=O) groups excluding carboxylic acids is 1. The van der Waals surface area contributed by atoms with Crippen LogP contribution in [0.1, 0.15) is 46.2 Å². The number of likely N-dealkylation sites (N-methyl/N-ethyl adjacent to an activating group) is 1. The lowest BCUT2D eigenvalue weighted by atomic mass is 9.96. The fourth-order valence-electron chi connectivity index (χ4n) is 4.14. The summed E-state index contributed by atoms with van der Waals surface area (Å²) in [5, 5.41) is 15.8. The standard InChI is InChI=1S/C25H31BrN8O4S/c1-14-17(23(35)27-7-10-33(3)4)12-28-15(2)21(14)38-19-11-20(29-13-18(19)26)30-24-31-22(32-39-24)16-5-8-34(9-6-16)25(36)37/h11-13,16H,5-10H2,1-4H3,(H,27,35)(H,36,37)(H,29,30,31,32). The van der Waals surface area contributed by atoms with Crippen LogP contribution < -0.4 is 15.4 Å². The van der Waals surface area contributed by atoms with Crippen LogP contribution >= 0.6 is 27.5 Å². The van der Waals surface area contributed by atoms with Crippen molar-refractivity contribution >= 4 is 50.4 Å². The van der Waals surface area contributed by atoms with Gasteiger partial charge in [0.1, 0.15) is 17.4 Å². The van der Waals surface area contributed by atoms with E-state index in [2.05, 4.69) is 45.9 Å². The van der Waals surface area contributed by atoms with E-state index in [1.807, 2.05) is 32.8 Å². The summed E-state index contributed by atoms with van der Waals surface area (Å²) in [4.78, 5) is 40.7. The Labute approximate surface area is 239 Å². The number of anilines is 2. The zero-order valence-electron chi connectivity index (χ0n) is 22.2. The first-order valence-electron chi connectivity index (χ1n) is 12.4. The molecule has 0 atom stereocenters. The number of carbonyl (C=O) groups is 2. The second kappa shape index (κ2) is 12.7. The Balaban J connectivity index is 1.46. The van der Waals surface area contributed by atoms with Crippen molar-refractivity contribution in [3.05, 3.63) is 45.6 Å². The van der Waals surface area contributed by atoms with E-state index < -0.39 is 6.09 Å². The number of aryl methyl sites for hydroxylation is 1. The van der Waals surface area contributed by atoms with Gasteiger partial charge in [-0.25, -0.2) is 14.8 Å². The maximum atomic E-state index is 12.8. The third-order valence-electron chi connectivity index (χ3n) is 6.39. The Morgan fingerprint density at radius 1 is 1.23 bits per heavy atom. The quantitative estimate of drug-likeness (QED) is 0.315. The third-order valence-corrected chi connectivity index (χ3v) is 7.63. The molecule has 3 aromatic heterocycles. The van der Waals surface area contributed by atoms with Crippen molar-refractivity contribution < 1.29 is 19.4 Å². The molecule has 1 fully saturated rings. The van der Waals surface area contributed by atoms with E-state index in [0.717, 1.165) is 6.54 Å². The largest absolute Gasteiger partial charge is 0.465 e. The highest BCUT2D eigenvalue weighted by Gasteiger charge is 2.26. The van der Waals surface area contributed by atoms with Crippen LogP contribution in [0.25, 0.3) is 0 Å². The Morgan fingerprint density at radius 3 is 2.67 bits per heavy atom. The average molecular weight is 620 g/mol. The minimum Gasteiger partial charge on any atom is -0.465 e. The maximum absolute atomic E-state index is 12.8. The molecule has 4 rings (SSSR count). The zero-order chi connectivity index (χ0) is 28.1. The summed E-state index contributed by atoms with van der Waals surface area (Å²) in [6, 6.07) is 1.74. The van der Waals surface area contributed by atoms with E-state index in [9.17, 15) is 9.59 Å². The SMILES string of the molecule is Cc1ncc(C(=O)NCCN(C)C)c(C)c1Oc1cc(Nc2nc(C3CCN(C(=O)O)CC3)ns2)ncc1Br. The molecule has 0 aromatic carbocycles. The van der Waals surface area contributed by atoms with Crippen LogP contribution in [-0.4, -0.2) is 86.5 Å². The van der Waals surface area contributed by atoms with Crippen molar-refractivity contribution in [2.24, 2.45) is 0 Å². The molecule has 0 bridgehead atoms. The molecule has 1 aliphatic heterocycles. The van der Waals surface area contributed by atoms with Gasteiger partial charge in [0.15, 0.2) is 5.75 Å². The fraction of sp³-hybridized carbons (Fsp3) is 0.440. The lowest BCUT2D eigenvalue weighted by Crippen LogP contribution is -2.37. The summed E-state index contributed by atoms with van der Waals surface area (Å²) in [5.41, 5.74) is 1.79. The number of carboxylic acid groups (broad SMARTS) is 1. The van der Waals surface area contributed by atoms with Crippen LogP contribution in [0.3, 0.4) is 0 Å². The van der Waals surface area contributed by atoms with Gasteiger partial charge in [-0.15, -0.1) is 0 Å². The van der Waals surface area contributed by atoms with Crippen molar-refractivity contribution in [3.63, 3.8) is 0 Å². The monoisotopic (exact) mass is 618 g/mol. The Morgan fingerprint density at radius 2 is 1.97 bits per heavy atom. The predicted octanol–water partition coefficient (Wildman–Crippen LogP) is 4.39. The van der Waals surface area contributed by atoms with Gasteiger partial charge < -0.3 is 30.3 Å². The highest BCUT2D eigenvalue weighted by atomic mass is 79.9. The molecule has 0 radical (unpaired) electrons. The molecular weight excluding hydrogens is 588 g/mol. The van der Waals surface area contributed by atoms with Gasteiger partial charge in [-0.05, 0) is 56.7 Å². The molecule has 0 spiro atoms. The zero-order valence-corrected chi connectivity index (χ0v) is 24.6. The van der Waals surface area contributed by atoms with Gasteiger partial charge >= 0.3 is 6.09 Å². The molecule has 3 N–H and O–H groups in total. The molecule has 4 heterocycles. The van der Waals surface area contributed by atoms with Crippen molar-refractivity contribution in [1.82, 2.24) is 34.4 Å². The molecule has 1 saturated heterocycles. The Hall–Kier alpha value is -3.36. The molecule has 12 nitrogen and oxygen atoms in total. The number of nitrogens with zero attached hydrogens (tertiary/aromatic N) is 6. The van der Waals surface area contributed by atoms with E-state index in [4.69, 9.17) is 9.84 Å². The predicted molar refractivity (Wildman–Crippen MR) is 151 cm³/mol. The number of piperidine rings is 1. The van der Waals surface area contributed by atoms with Gasteiger partial charge in [-0.1, -0.05) is 0 Å². The first-order chi connectivity index (χ1) is 18.6. The van der Waals surface area contributed by atoms with Crippen LogP contribution in [0.4, 0.5) is 15.7 Å². The van der Waals surface area contributed by atoms with Crippen molar-refractivity contribution in [1.29, 1.82) is 0 Å². The molecule has 39 heavy (non-hydrogen) atoms. The summed E-state index contributed by atoms with van der Waals surface area (Å²) in [5.74, 6) is 2.13. The van der Waals surface area contributed by atoms with Crippen molar-refractivity contribution in [2.45, 2.75) is 32.6 Å². The number of nitrogens with one attached hydrogen (secondary N) is 2. The minimum atomic E-state index is -0.891. The number of hydrogen-bond acceptors (Lipinski definition) is 10.